The van der Waals surface area contributed by atoms with E-state index in [1.165, 1.54) is 6.07 Å². The van der Waals surface area contributed by atoms with Gasteiger partial charge in [0.1, 0.15) is 0 Å². The number of nitrogens with zero attached hydrogens (tertiary/aromatic N) is 2. The molecule has 1 amide bonds. The van der Waals surface area contributed by atoms with Crippen LogP contribution in [0.1, 0.15) is 28.8 Å². The van der Waals surface area contributed by atoms with Crippen molar-refractivity contribution in [2.45, 2.75) is 32.1 Å². The van der Waals surface area contributed by atoms with E-state index in [2.05, 4.69) is 10.5 Å². The van der Waals surface area contributed by atoms with Crippen LogP contribution in [0.2, 0.25) is 0 Å². The van der Waals surface area contributed by atoms with Gasteiger partial charge in [-0.3, -0.25) is 4.79 Å². The van der Waals surface area contributed by atoms with E-state index in [0.29, 0.717) is 28.1 Å². The van der Waals surface area contributed by atoms with Gasteiger partial charge in [-0.25, -0.2) is 8.42 Å². The normalized spacial score (nSPS) is 11.1. The van der Waals surface area contributed by atoms with Crippen molar-refractivity contribution in [2.75, 3.05) is 11.1 Å². The molecule has 0 radical (unpaired) electrons. The highest BCUT2D eigenvalue weighted by molar-refractivity contribution is 7.91. The molecule has 0 spiro atoms. The molecule has 30 heavy (non-hydrogen) atoms. The van der Waals surface area contributed by atoms with Crippen LogP contribution in [0.15, 0.2) is 51.9 Å². The topological polar surface area (TPSA) is 113 Å². The Kier molecular flexibility index (Phi) is 6.04. The Labute approximate surface area is 175 Å². The van der Waals surface area contributed by atoms with Crippen molar-refractivity contribution in [3.8, 4) is 17.4 Å². The van der Waals surface area contributed by atoms with Gasteiger partial charge in [0.05, 0.1) is 28.0 Å². The summed E-state index contributed by atoms with van der Waals surface area (Å²) in [5.74, 6) is -0.251. The average Bonchev–Trinajstić information content (AvgIpc) is 3.05. The first-order valence-corrected chi connectivity index (χ1v) is 10.9. The fourth-order valence-corrected chi connectivity index (χ4v) is 4.53. The number of hydrogen-bond donors (Lipinski definition) is 1. The van der Waals surface area contributed by atoms with Gasteiger partial charge < -0.3 is 9.84 Å². The maximum absolute atomic E-state index is 12.9. The average molecular weight is 423 g/mol. The van der Waals surface area contributed by atoms with Gasteiger partial charge in [-0.05, 0) is 50.6 Å². The lowest BCUT2D eigenvalue weighted by Crippen LogP contribution is -2.18. The molecule has 3 aromatic rings. The summed E-state index contributed by atoms with van der Waals surface area (Å²) in [6.07, 6.45) is -0.205. The van der Waals surface area contributed by atoms with Crippen LogP contribution in [0.4, 0.5) is 5.69 Å². The lowest BCUT2D eigenvalue weighted by Gasteiger charge is -2.10. The summed E-state index contributed by atoms with van der Waals surface area (Å²) >= 11 is 0. The van der Waals surface area contributed by atoms with Gasteiger partial charge in [0.25, 0.3) is 0 Å². The van der Waals surface area contributed by atoms with Crippen molar-refractivity contribution in [3.05, 3.63) is 64.8 Å². The highest BCUT2D eigenvalue weighted by Crippen LogP contribution is 2.29. The Balaban J connectivity index is 1.77. The van der Waals surface area contributed by atoms with Crippen LogP contribution in [-0.4, -0.2) is 25.2 Å². The second kappa shape index (κ2) is 8.51. The molecule has 7 nitrogen and oxygen atoms in total. The molecule has 0 atom stereocenters. The second-order valence-electron chi connectivity index (χ2n) is 7.01. The van der Waals surface area contributed by atoms with Crippen molar-refractivity contribution in [1.82, 2.24) is 5.16 Å². The minimum absolute atomic E-state index is 0.160. The molecule has 0 aliphatic heterocycles. The second-order valence-corrected chi connectivity index (χ2v) is 9.09. The number of hydrogen-bond acceptors (Lipinski definition) is 6. The van der Waals surface area contributed by atoms with E-state index in [4.69, 9.17) is 9.78 Å². The first-order valence-electron chi connectivity index (χ1n) is 9.28. The number of carbonyl (C=O) groups excluding carboxylic acids is 1. The highest BCUT2D eigenvalue weighted by Gasteiger charge is 2.21. The Morgan fingerprint density at radius 1 is 1.17 bits per heavy atom. The van der Waals surface area contributed by atoms with Crippen LogP contribution in [0.5, 0.6) is 0 Å². The molecule has 1 aromatic heterocycles. The molecule has 0 unspecified atom stereocenters. The molecule has 2 aromatic carbocycles. The zero-order valence-corrected chi connectivity index (χ0v) is 17.7. The Morgan fingerprint density at radius 3 is 2.60 bits per heavy atom. The minimum atomic E-state index is -3.70. The van der Waals surface area contributed by atoms with Crippen LogP contribution in [0.3, 0.4) is 0 Å². The number of nitrogens with one attached hydrogen (secondary N) is 1. The first kappa shape index (κ1) is 21.3. The van der Waals surface area contributed by atoms with E-state index in [1.54, 1.807) is 43.3 Å². The summed E-state index contributed by atoms with van der Waals surface area (Å²) in [4.78, 5) is 12.4. The number of amides is 1. The number of nitriles is 1. The molecule has 3 rings (SSSR count). The van der Waals surface area contributed by atoms with Gasteiger partial charge in [-0.1, -0.05) is 23.4 Å². The monoisotopic (exact) mass is 423 g/mol. The predicted molar refractivity (Wildman–Crippen MR) is 113 cm³/mol. The summed E-state index contributed by atoms with van der Waals surface area (Å²) in [5, 5.41) is 15.5. The number of rotatable bonds is 6. The molecule has 0 aliphatic carbocycles. The fourth-order valence-electron chi connectivity index (χ4n) is 2.99. The zero-order chi connectivity index (χ0) is 21.9. The quantitative estimate of drug-likeness (QED) is 0.642. The van der Waals surface area contributed by atoms with Crippen LogP contribution in [0.25, 0.3) is 11.3 Å². The standard InChI is InChI=1S/C22H21N3O4S/c1-14-7-8-18(22-15(2)16(3)25-29-22)12-20(14)30(27,28)10-9-21(26)24-19-6-4-5-17(11-19)13-23/h4-8,11-12H,9-10H2,1-3H3,(H,24,26). The fraction of sp³-hybridized carbons (Fsp3) is 0.227. The molecule has 0 aliphatic rings. The molecular formula is C22H21N3O4S. The number of aryl methyl sites for hydroxylation is 2. The zero-order valence-electron chi connectivity index (χ0n) is 16.9. The highest BCUT2D eigenvalue weighted by atomic mass is 32.2. The largest absolute Gasteiger partial charge is 0.356 e. The summed E-state index contributed by atoms with van der Waals surface area (Å²) in [6, 6.07) is 13.5. The van der Waals surface area contributed by atoms with E-state index < -0.39 is 15.7 Å². The lowest BCUT2D eigenvalue weighted by molar-refractivity contribution is -0.115. The van der Waals surface area contributed by atoms with Crippen molar-refractivity contribution >= 4 is 21.4 Å². The maximum Gasteiger partial charge on any atom is 0.225 e. The van der Waals surface area contributed by atoms with E-state index >= 15 is 0 Å². The first-order chi connectivity index (χ1) is 14.2. The summed E-state index contributed by atoms with van der Waals surface area (Å²) in [6.45, 7) is 5.39. The Bertz CT molecular complexity index is 1250. The molecule has 0 bridgehead atoms. The van der Waals surface area contributed by atoms with Crippen molar-refractivity contribution in [2.24, 2.45) is 0 Å². The Hall–Kier alpha value is -3.44. The molecule has 1 N–H and O–H groups in total. The summed E-state index contributed by atoms with van der Waals surface area (Å²) in [7, 11) is -3.70. The molecule has 154 valence electrons. The van der Waals surface area contributed by atoms with Crippen LogP contribution < -0.4 is 5.32 Å². The van der Waals surface area contributed by atoms with Gasteiger partial charge >= 0.3 is 0 Å². The number of anilines is 1. The van der Waals surface area contributed by atoms with Crippen molar-refractivity contribution in [1.29, 1.82) is 5.26 Å². The number of benzene rings is 2. The van der Waals surface area contributed by atoms with Crippen molar-refractivity contribution < 1.29 is 17.7 Å². The lowest BCUT2D eigenvalue weighted by atomic mass is 10.1. The smallest absolute Gasteiger partial charge is 0.225 e. The van der Waals surface area contributed by atoms with E-state index in [1.807, 2.05) is 19.9 Å². The van der Waals surface area contributed by atoms with Gasteiger partial charge in [0.15, 0.2) is 15.6 Å². The van der Waals surface area contributed by atoms with E-state index in [0.717, 1.165) is 11.3 Å². The van der Waals surface area contributed by atoms with Gasteiger partial charge in [-0.2, -0.15) is 5.26 Å². The Morgan fingerprint density at radius 2 is 1.93 bits per heavy atom. The SMILES string of the molecule is Cc1ccc(-c2onc(C)c2C)cc1S(=O)(=O)CCC(=O)Nc1cccc(C#N)c1. The molecular weight excluding hydrogens is 402 g/mol. The minimum Gasteiger partial charge on any atom is -0.356 e. The van der Waals surface area contributed by atoms with E-state index in [-0.39, 0.29) is 17.1 Å². The van der Waals surface area contributed by atoms with Gasteiger partial charge in [0, 0.05) is 23.2 Å². The molecule has 8 heteroatoms. The van der Waals surface area contributed by atoms with Gasteiger partial charge in [-0.15, -0.1) is 0 Å². The number of sulfone groups is 1. The predicted octanol–water partition coefficient (Wildman–Crippen LogP) is 3.94. The molecule has 0 saturated heterocycles. The maximum atomic E-state index is 12.9. The third kappa shape index (κ3) is 4.58. The van der Waals surface area contributed by atoms with E-state index in [9.17, 15) is 13.2 Å². The van der Waals surface area contributed by atoms with Crippen LogP contribution in [-0.2, 0) is 14.6 Å². The molecule has 0 saturated carbocycles. The number of aromatic nitrogens is 1. The van der Waals surface area contributed by atoms with Crippen molar-refractivity contribution in [3.63, 3.8) is 0 Å². The third-order valence-electron chi connectivity index (χ3n) is 4.82. The molecule has 1 heterocycles. The van der Waals surface area contributed by atoms with Crippen LogP contribution >= 0.6 is 0 Å². The van der Waals surface area contributed by atoms with Gasteiger partial charge in [0.2, 0.25) is 5.91 Å². The van der Waals surface area contributed by atoms with Crippen LogP contribution in [0, 0.1) is 32.1 Å². The summed E-state index contributed by atoms with van der Waals surface area (Å²) in [5.41, 5.74) is 3.66. The third-order valence-corrected chi connectivity index (χ3v) is 6.67. The number of carbonyl (C=O) groups is 1. The summed E-state index contributed by atoms with van der Waals surface area (Å²) < 4.78 is 31.2. The molecule has 0 fully saturated rings.